The highest BCUT2D eigenvalue weighted by Gasteiger charge is 2.40. The number of thioether (sulfide) groups is 2. The molecule has 5 nitrogen and oxygen atoms in total. The predicted octanol–water partition coefficient (Wildman–Crippen LogP) is 2.12. The van der Waals surface area contributed by atoms with E-state index in [0.29, 0.717) is 44.1 Å². The average molecular weight is 332 g/mol. The molecular weight excluding hydrogens is 308 g/mol. The Balaban J connectivity index is 1.76. The van der Waals surface area contributed by atoms with Gasteiger partial charge >= 0.3 is 12.0 Å². The van der Waals surface area contributed by atoms with Crippen LogP contribution in [0.25, 0.3) is 0 Å². The van der Waals surface area contributed by atoms with E-state index in [1.54, 1.807) is 4.90 Å². The summed E-state index contributed by atoms with van der Waals surface area (Å²) < 4.78 is 0. The molecule has 120 valence electrons. The van der Waals surface area contributed by atoms with Crippen molar-refractivity contribution in [1.82, 2.24) is 10.2 Å². The van der Waals surface area contributed by atoms with Gasteiger partial charge in [-0.3, -0.25) is 4.79 Å². The molecule has 0 saturated carbocycles. The van der Waals surface area contributed by atoms with Gasteiger partial charge in [-0.25, -0.2) is 4.79 Å². The van der Waals surface area contributed by atoms with Crippen LogP contribution in [-0.2, 0) is 4.79 Å². The van der Waals surface area contributed by atoms with E-state index in [9.17, 15) is 14.7 Å². The number of aliphatic carboxylic acids is 1. The highest BCUT2D eigenvalue weighted by atomic mass is 32.2. The lowest BCUT2D eigenvalue weighted by atomic mass is 9.76. The number of likely N-dealkylation sites (tertiary alicyclic amines) is 1. The summed E-state index contributed by atoms with van der Waals surface area (Å²) in [5, 5.41) is 12.9. The van der Waals surface area contributed by atoms with Gasteiger partial charge in [0.05, 0.1) is 5.41 Å². The lowest BCUT2D eigenvalue weighted by Gasteiger charge is -2.38. The Kier molecular flexibility index (Phi) is 6.10. The predicted molar refractivity (Wildman–Crippen MR) is 88.1 cm³/mol. The van der Waals surface area contributed by atoms with Crippen LogP contribution in [0.15, 0.2) is 0 Å². The van der Waals surface area contributed by atoms with E-state index < -0.39 is 11.4 Å². The largest absolute Gasteiger partial charge is 0.481 e. The van der Waals surface area contributed by atoms with Crippen LogP contribution in [0.4, 0.5) is 4.79 Å². The number of carboxylic acid groups (broad SMARTS) is 1. The monoisotopic (exact) mass is 332 g/mol. The van der Waals surface area contributed by atoms with Gasteiger partial charge in [-0.05, 0) is 19.3 Å². The maximum atomic E-state index is 12.2. The zero-order valence-corrected chi connectivity index (χ0v) is 14.1. The lowest BCUT2D eigenvalue weighted by Crippen LogP contribution is -2.50. The second kappa shape index (κ2) is 7.63. The van der Waals surface area contributed by atoms with Crippen LogP contribution in [-0.4, -0.2) is 64.1 Å². The van der Waals surface area contributed by atoms with Crippen LogP contribution >= 0.6 is 23.5 Å². The normalized spacial score (nSPS) is 25.4. The summed E-state index contributed by atoms with van der Waals surface area (Å²) in [4.78, 5) is 25.3. The fraction of sp³-hybridized carbons (Fsp3) is 0.857. The zero-order chi connectivity index (χ0) is 15.3. The van der Waals surface area contributed by atoms with E-state index in [1.165, 1.54) is 5.75 Å². The minimum atomic E-state index is -0.722. The number of urea groups is 1. The number of piperidine rings is 1. The topological polar surface area (TPSA) is 69.6 Å². The van der Waals surface area contributed by atoms with Crippen molar-refractivity contribution in [1.29, 1.82) is 0 Å². The maximum absolute atomic E-state index is 12.2. The molecule has 0 aliphatic carbocycles. The van der Waals surface area contributed by atoms with Crippen LogP contribution < -0.4 is 5.32 Å². The molecule has 2 aliphatic rings. The van der Waals surface area contributed by atoms with Crippen LogP contribution in [0.5, 0.6) is 0 Å². The molecule has 0 radical (unpaired) electrons. The van der Waals surface area contributed by atoms with Crippen LogP contribution in [0, 0.1) is 5.41 Å². The minimum absolute atomic E-state index is 0.0405. The first-order chi connectivity index (χ1) is 10.1. The number of rotatable bonds is 4. The minimum Gasteiger partial charge on any atom is -0.481 e. The third-order valence-electron chi connectivity index (χ3n) is 4.50. The summed E-state index contributed by atoms with van der Waals surface area (Å²) in [7, 11) is 0. The molecule has 2 aliphatic heterocycles. The fourth-order valence-electron chi connectivity index (χ4n) is 2.82. The molecule has 2 rings (SSSR count). The van der Waals surface area contributed by atoms with Crippen molar-refractivity contribution < 1.29 is 14.7 Å². The number of nitrogens with one attached hydrogen (secondary N) is 1. The second-order valence-corrected chi connectivity index (χ2v) is 8.24. The molecule has 0 aromatic heterocycles. The summed E-state index contributed by atoms with van der Waals surface area (Å²) >= 11 is 3.87. The molecular formula is C14H24N2O3S2. The molecule has 21 heavy (non-hydrogen) atoms. The molecule has 2 heterocycles. The number of hydrogen-bond donors (Lipinski definition) is 2. The van der Waals surface area contributed by atoms with Crippen molar-refractivity contribution in [2.24, 2.45) is 5.41 Å². The number of carbonyl (C=O) groups excluding carboxylic acids is 1. The smallest absolute Gasteiger partial charge is 0.317 e. The molecule has 0 bridgehead atoms. The fourth-order valence-corrected chi connectivity index (χ4v) is 5.44. The average Bonchev–Trinajstić information content (AvgIpc) is 2.53. The SMILES string of the molecule is CCC1(C(=O)O)CCN(C(=O)NCC2CSCCS2)CC1. The van der Waals surface area contributed by atoms with Crippen LogP contribution in [0.1, 0.15) is 26.2 Å². The standard InChI is InChI=1S/C14H24N2O3S2/c1-2-14(12(17)18)3-5-16(6-4-14)13(19)15-9-11-10-20-7-8-21-11/h11H,2-10H2,1H3,(H,15,19)(H,17,18). The first-order valence-electron chi connectivity index (χ1n) is 7.53. The first kappa shape index (κ1) is 16.8. The van der Waals surface area contributed by atoms with Gasteiger partial charge in [0.2, 0.25) is 0 Å². The third-order valence-corrected chi connectivity index (χ3v) is 7.35. The highest BCUT2D eigenvalue weighted by Crippen LogP contribution is 2.35. The van der Waals surface area contributed by atoms with E-state index in [2.05, 4.69) is 5.32 Å². The van der Waals surface area contributed by atoms with Crippen molar-refractivity contribution >= 4 is 35.5 Å². The third kappa shape index (κ3) is 4.22. The Hall–Kier alpha value is -0.560. The molecule has 1 atom stereocenters. The van der Waals surface area contributed by atoms with Crippen molar-refractivity contribution in [3.8, 4) is 0 Å². The molecule has 0 spiro atoms. The summed E-state index contributed by atoms with van der Waals surface area (Å²) in [6.07, 6.45) is 1.74. The zero-order valence-electron chi connectivity index (χ0n) is 12.5. The van der Waals surface area contributed by atoms with E-state index in [4.69, 9.17) is 0 Å². The number of hydrogen-bond acceptors (Lipinski definition) is 4. The summed E-state index contributed by atoms with van der Waals surface area (Å²) in [5.41, 5.74) is -0.632. The molecule has 1 unspecified atom stereocenters. The Labute approximate surface area is 134 Å². The highest BCUT2D eigenvalue weighted by molar-refractivity contribution is 8.06. The van der Waals surface area contributed by atoms with Crippen molar-refractivity contribution in [3.63, 3.8) is 0 Å². The van der Waals surface area contributed by atoms with Crippen molar-refractivity contribution in [3.05, 3.63) is 0 Å². The van der Waals surface area contributed by atoms with Gasteiger partial charge in [0.15, 0.2) is 0 Å². The van der Waals surface area contributed by atoms with Gasteiger partial charge in [-0.2, -0.15) is 23.5 Å². The lowest BCUT2D eigenvalue weighted by molar-refractivity contribution is -0.151. The summed E-state index contributed by atoms with van der Waals surface area (Å²) in [6, 6.07) is -0.0405. The van der Waals surface area contributed by atoms with E-state index in [-0.39, 0.29) is 6.03 Å². The first-order valence-corrected chi connectivity index (χ1v) is 9.73. The molecule has 0 aromatic carbocycles. The molecule has 2 amide bonds. The van der Waals surface area contributed by atoms with Crippen LogP contribution in [0.2, 0.25) is 0 Å². The van der Waals surface area contributed by atoms with Gasteiger partial charge in [0.1, 0.15) is 0 Å². The van der Waals surface area contributed by atoms with Crippen molar-refractivity contribution in [2.75, 3.05) is 36.9 Å². The Morgan fingerprint density at radius 3 is 2.57 bits per heavy atom. The van der Waals surface area contributed by atoms with E-state index >= 15 is 0 Å². The quantitative estimate of drug-likeness (QED) is 0.825. The number of carbonyl (C=O) groups is 2. The van der Waals surface area contributed by atoms with Gasteiger partial charge in [-0.1, -0.05) is 6.92 Å². The molecule has 2 saturated heterocycles. The van der Waals surface area contributed by atoms with Gasteiger partial charge in [0, 0.05) is 42.1 Å². The van der Waals surface area contributed by atoms with Gasteiger partial charge in [0.25, 0.3) is 0 Å². The maximum Gasteiger partial charge on any atom is 0.317 e. The second-order valence-electron chi connectivity index (χ2n) is 5.68. The Bertz CT molecular complexity index is 378. The van der Waals surface area contributed by atoms with Crippen LogP contribution in [0.3, 0.4) is 0 Å². The van der Waals surface area contributed by atoms with E-state index in [0.717, 1.165) is 11.5 Å². The van der Waals surface area contributed by atoms with E-state index in [1.807, 2.05) is 30.4 Å². The molecule has 0 aromatic rings. The Morgan fingerprint density at radius 1 is 1.33 bits per heavy atom. The molecule has 2 fully saturated rings. The summed E-state index contributed by atoms with van der Waals surface area (Å²) in [6.45, 7) is 3.71. The number of nitrogens with zero attached hydrogens (tertiary/aromatic N) is 1. The van der Waals surface area contributed by atoms with Gasteiger partial charge in [-0.15, -0.1) is 0 Å². The number of carboxylic acids is 1. The van der Waals surface area contributed by atoms with Gasteiger partial charge < -0.3 is 15.3 Å². The number of amides is 2. The summed E-state index contributed by atoms with van der Waals surface area (Å²) in [5.74, 6) is 2.74. The Morgan fingerprint density at radius 2 is 2.05 bits per heavy atom. The molecule has 2 N–H and O–H groups in total. The van der Waals surface area contributed by atoms with Crippen molar-refractivity contribution in [2.45, 2.75) is 31.4 Å². The molecule has 7 heteroatoms.